The molecule has 1 fully saturated rings. The molecule has 0 aliphatic heterocycles. The van der Waals surface area contributed by atoms with Crippen molar-refractivity contribution in [3.63, 3.8) is 0 Å². The molecule has 5 rings (SSSR count). The minimum Gasteiger partial charge on any atom is -0.437 e. The first-order valence-electron chi connectivity index (χ1n) is 13.5. The second-order valence-corrected chi connectivity index (χ2v) is 10.2. The van der Waals surface area contributed by atoms with Crippen LogP contribution in [0.15, 0.2) is 59.0 Å². The Labute approximate surface area is 234 Å². The van der Waals surface area contributed by atoms with Gasteiger partial charge in [0.05, 0.1) is 16.6 Å². The smallest absolute Gasteiger partial charge is 0.389 e. The summed E-state index contributed by atoms with van der Waals surface area (Å²) in [5, 5.41) is 5.91. The topological polar surface area (TPSA) is 84.2 Å². The van der Waals surface area contributed by atoms with Crippen LogP contribution in [0.5, 0.6) is 0 Å². The predicted octanol–water partition coefficient (Wildman–Crippen LogP) is 7.07. The number of pyridine rings is 1. The van der Waals surface area contributed by atoms with Gasteiger partial charge in [0.2, 0.25) is 5.71 Å². The zero-order valence-electron chi connectivity index (χ0n) is 22.6. The van der Waals surface area contributed by atoms with Crippen molar-refractivity contribution in [1.82, 2.24) is 15.6 Å². The maximum absolute atomic E-state index is 13.6. The van der Waals surface area contributed by atoms with Crippen LogP contribution >= 0.6 is 0 Å². The van der Waals surface area contributed by atoms with Gasteiger partial charge in [0.1, 0.15) is 11.6 Å². The summed E-state index contributed by atoms with van der Waals surface area (Å²) in [5.74, 6) is -0.661. The predicted molar refractivity (Wildman–Crippen MR) is 147 cm³/mol. The lowest BCUT2D eigenvalue weighted by atomic mass is 9.96. The van der Waals surface area contributed by atoms with E-state index in [0.29, 0.717) is 28.2 Å². The summed E-state index contributed by atoms with van der Waals surface area (Å²) in [4.78, 5) is 30.5. The lowest BCUT2D eigenvalue weighted by Crippen LogP contribution is -2.35. The minimum atomic E-state index is -4.43. The van der Waals surface area contributed by atoms with Crippen LogP contribution in [0, 0.1) is 11.7 Å². The minimum absolute atomic E-state index is 0.0204. The van der Waals surface area contributed by atoms with E-state index in [2.05, 4.69) is 15.6 Å². The largest absolute Gasteiger partial charge is 0.437 e. The number of benzene rings is 2. The third kappa shape index (κ3) is 6.26. The van der Waals surface area contributed by atoms with Gasteiger partial charge in [-0.25, -0.2) is 9.37 Å². The molecule has 2 amide bonds. The molecule has 2 aromatic heterocycles. The van der Waals surface area contributed by atoms with Gasteiger partial charge in [-0.05, 0) is 79.6 Å². The fraction of sp³-hybridized carbons (Fsp3) is 0.323. The molecule has 1 aliphatic carbocycles. The Morgan fingerprint density at radius 2 is 1.78 bits per heavy atom. The molecule has 214 valence electrons. The van der Waals surface area contributed by atoms with Crippen LogP contribution in [0.25, 0.3) is 33.6 Å². The number of fused-ring (bicyclic) bond motifs is 1. The van der Waals surface area contributed by atoms with Crippen LogP contribution < -0.4 is 10.6 Å². The highest BCUT2D eigenvalue weighted by Crippen LogP contribution is 2.38. The molecule has 0 bridgehead atoms. The number of rotatable bonds is 9. The molecule has 2 aromatic carbocycles. The number of carbonyl (C=O) groups excluding carboxylic acids is 2. The third-order valence-electron chi connectivity index (χ3n) is 7.35. The highest BCUT2D eigenvalue weighted by atomic mass is 19.4. The van der Waals surface area contributed by atoms with Gasteiger partial charge in [0.15, 0.2) is 0 Å². The average Bonchev–Trinajstić information content (AvgIpc) is 3.74. The van der Waals surface area contributed by atoms with Crippen LogP contribution in [-0.4, -0.2) is 36.1 Å². The van der Waals surface area contributed by atoms with Crippen molar-refractivity contribution in [2.45, 2.75) is 51.2 Å². The van der Waals surface area contributed by atoms with Crippen molar-refractivity contribution in [2.24, 2.45) is 5.92 Å². The van der Waals surface area contributed by atoms with E-state index in [0.717, 1.165) is 19.3 Å². The van der Waals surface area contributed by atoms with Crippen LogP contribution in [0.3, 0.4) is 0 Å². The number of aryl methyl sites for hydroxylation is 1. The molecule has 2 heterocycles. The Balaban J connectivity index is 1.64. The first-order chi connectivity index (χ1) is 19.6. The van der Waals surface area contributed by atoms with E-state index in [9.17, 15) is 27.2 Å². The molecule has 2 N–H and O–H groups in total. The third-order valence-corrected chi connectivity index (χ3v) is 7.35. The number of nitrogens with one attached hydrogen (secondary N) is 2. The van der Waals surface area contributed by atoms with E-state index in [-0.39, 0.29) is 40.1 Å². The molecule has 10 heteroatoms. The number of hydrogen-bond acceptors (Lipinski definition) is 4. The summed E-state index contributed by atoms with van der Waals surface area (Å²) >= 11 is 0. The SMILES string of the molecule is CC[C@@H](NC(=O)c1cccc(-c2cc3c(C(=O)NC)c(-c4ccc(F)cc4)oc3nc2CCC(F)(F)F)c1)C1CC1. The average molecular weight is 568 g/mol. The summed E-state index contributed by atoms with van der Waals surface area (Å²) in [6.45, 7) is 2.02. The van der Waals surface area contributed by atoms with Gasteiger partial charge in [-0.1, -0.05) is 19.1 Å². The van der Waals surface area contributed by atoms with E-state index < -0.39 is 30.7 Å². The van der Waals surface area contributed by atoms with Crippen LogP contribution in [-0.2, 0) is 6.42 Å². The Kier molecular flexibility index (Phi) is 7.84. The second kappa shape index (κ2) is 11.3. The molecule has 41 heavy (non-hydrogen) atoms. The Morgan fingerprint density at radius 3 is 2.41 bits per heavy atom. The number of nitrogens with zero attached hydrogens (tertiary/aromatic N) is 1. The van der Waals surface area contributed by atoms with E-state index in [1.165, 1.54) is 31.3 Å². The Morgan fingerprint density at radius 1 is 1.05 bits per heavy atom. The zero-order valence-corrected chi connectivity index (χ0v) is 22.6. The van der Waals surface area contributed by atoms with E-state index >= 15 is 0 Å². The number of halogens is 4. The number of aromatic nitrogens is 1. The number of carbonyl (C=O) groups is 2. The standard InChI is InChI=1S/C31H29F4N3O3/c1-3-24(17-7-8-17)37-28(39)20-6-4-5-19(15-20)22-16-23-26(29(40)36-2)27(18-9-11-21(32)12-10-18)41-30(23)38-25(22)13-14-31(33,34)35/h4-6,9-12,15-17,24H,3,7-8,13-14H2,1-2H3,(H,36,40)(H,37,39)/t24-/m1/s1. The summed E-state index contributed by atoms with van der Waals surface area (Å²) in [5.41, 5.74) is 1.82. The lowest BCUT2D eigenvalue weighted by molar-refractivity contribution is -0.134. The summed E-state index contributed by atoms with van der Waals surface area (Å²) in [6, 6.07) is 13.6. The Bertz CT molecular complexity index is 1590. The Hall–Kier alpha value is -4.21. The molecule has 1 saturated carbocycles. The van der Waals surface area contributed by atoms with Crippen molar-refractivity contribution in [3.05, 3.63) is 77.2 Å². The molecular formula is C31H29F4N3O3. The van der Waals surface area contributed by atoms with Gasteiger partial charge in [-0.2, -0.15) is 13.2 Å². The molecular weight excluding hydrogens is 538 g/mol. The van der Waals surface area contributed by atoms with Gasteiger partial charge in [-0.3, -0.25) is 9.59 Å². The van der Waals surface area contributed by atoms with Crippen molar-refractivity contribution < 1.29 is 31.6 Å². The second-order valence-electron chi connectivity index (χ2n) is 10.2. The molecule has 0 unspecified atom stereocenters. The normalized spacial score (nSPS) is 14.2. The molecule has 0 saturated heterocycles. The van der Waals surface area contributed by atoms with Crippen LogP contribution in [0.4, 0.5) is 17.6 Å². The quantitative estimate of drug-likeness (QED) is 0.212. The van der Waals surface area contributed by atoms with Gasteiger partial charge in [0, 0.05) is 36.2 Å². The van der Waals surface area contributed by atoms with Crippen molar-refractivity contribution in [3.8, 4) is 22.5 Å². The van der Waals surface area contributed by atoms with Crippen LogP contribution in [0.1, 0.15) is 59.0 Å². The van der Waals surface area contributed by atoms with Gasteiger partial charge in [0.25, 0.3) is 11.8 Å². The van der Waals surface area contributed by atoms with Gasteiger partial charge >= 0.3 is 6.18 Å². The number of alkyl halides is 3. The van der Waals surface area contributed by atoms with Gasteiger partial charge < -0.3 is 15.1 Å². The fourth-order valence-corrected chi connectivity index (χ4v) is 5.05. The first-order valence-corrected chi connectivity index (χ1v) is 13.5. The summed E-state index contributed by atoms with van der Waals surface area (Å²) in [7, 11) is 1.44. The molecule has 1 aliphatic rings. The number of amides is 2. The molecule has 4 aromatic rings. The molecule has 1 atom stereocenters. The van der Waals surface area contributed by atoms with E-state index in [4.69, 9.17) is 4.42 Å². The van der Waals surface area contributed by atoms with Gasteiger partial charge in [-0.15, -0.1) is 0 Å². The molecule has 0 radical (unpaired) electrons. The van der Waals surface area contributed by atoms with Crippen molar-refractivity contribution in [1.29, 1.82) is 0 Å². The maximum atomic E-state index is 13.6. The number of furan rings is 1. The maximum Gasteiger partial charge on any atom is 0.389 e. The molecule has 6 nitrogen and oxygen atoms in total. The lowest BCUT2D eigenvalue weighted by Gasteiger charge is -2.17. The highest BCUT2D eigenvalue weighted by Gasteiger charge is 2.32. The van der Waals surface area contributed by atoms with Crippen molar-refractivity contribution >= 4 is 22.9 Å². The summed E-state index contributed by atoms with van der Waals surface area (Å²) < 4.78 is 59.3. The highest BCUT2D eigenvalue weighted by molar-refractivity contribution is 6.11. The van der Waals surface area contributed by atoms with Crippen molar-refractivity contribution in [2.75, 3.05) is 7.05 Å². The summed E-state index contributed by atoms with van der Waals surface area (Å²) in [6.07, 6.45) is -3.03. The fourth-order valence-electron chi connectivity index (χ4n) is 5.05. The van der Waals surface area contributed by atoms with E-state index in [1.807, 2.05) is 6.92 Å². The number of hydrogen-bond donors (Lipinski definition) is 2. The molecule has 0 spiro atoms. The first kappa shape index (κ1) is 28.3. The monoisotopic (exact) mass is 567 g/mol. The zero-order chi connectivity index (χ0) is 29.3. The van der Waals surface area contributed by atoms with E-state index in [1.54, 1.807) is 30.3 Å². The van der Waals surface area contributed by atoms with Crippen LogP contribution in [0.2, 0.25) is 0 Å².